The average Bonchev–Trinajstić information content (AvgIpc) is 3.39. The van der Waals surface area contributed by atoms with Gasteiger partial charge in [0.15, 0.2) is 11.5 Å². The summed E-state index contributed by atoms with van der Waals surface area (Å²) in [5.74, 6) is 1.10. The molecule has 0 radical (unpaired) electrons. The van der Waals surface area contributed by atoms with Crippen LogP contribution in [0, 0.1) is 6.92 Å². The first-order chi connectivity index (χ1) is 16.5. The Bertz CT molecular complexity index is 1360. The Labute approximate surface area is 203 Å². The molecule has 1 amide bonds. The molecule has 1 aliphatic heterocycles. The second-order valence-corrected chi connectivity index (χ2v) is 8.68. The third-order valence-electron chi connectivity index (χ3n) is 6.21. The highest BCUT2D eigenvalue weighted by molar-refractivity contribution is 6.31. The predicted octanol–water partition coefficient (Wildman–Crippen LogP) is 5.80. The number of benzene rings is 3. The third-order valence-corrected chi connectivity index (χ3v) is 6.58. The van der Waals surface area contributed by atoms with Crippen molar-refractivity contribution in [2.75, 3.05) is 14.2 Å². The summed E-state index contributed by atoms with van der Waals surface area (Å²) >= 11 is 6.46. The van der Waals surface area contributed by atoms with E-state index < -0.39 is 0 Å². The van der Waals surface area contributed by atoms with E-state index in [1.807, 2.05) is 78.6 Å². The van der Waals surface area contributed by atoms with Crippen LogP contribution in [0.1, 0.15) is 38.8 Å². The van der Waals surface area contributed by atoms with Crippen molar-refractivity contribution in [3.63, 3.8) is 0 Å². The summed E-state index contributed by atoms with van der Waals surface area (Å²) in [6, 6.07) is 21.1. The van der Waals surface area contributed by atoms with Gasteiger partial charge in [-0.1, -0.05) is 65.7 Å². The summed E-state index contributed by atoms with van der Waals surface area (Å²) < 4.78 is 11.0. The standard InChI is InChI=1S/C27H24ClN3O3/c1-16-8-10-17(11-9-16)24-23-25(30-29-24)27(32)31(15-19-6-4-5-7-20(19)28)26(23)18-12-13-21(33-2)22(14-18)34-3/h4-14,26H,15H2,1-3H3,(H,29,30). The van der Waals surface area contributed by atoms with E-state index in [9.17, 15) is 4.79 Å². The van der Waals surface area contributed by atoms with Crippen molar-refractivity contribution in [2.45, 2.75) is 19.5 Å². The van der Waals surface area contributed by atoms with Crippen molar-refractivity contribution < 1.29 is 14.3 Å². The van der Waals surface area contributed by atoms with Gasteiger partial charge < -0.3 is 14.4 Å². The lowest BCUT2D eigenvalue weighted by Crippen LogP contribution is -2.29. The number of hydrogen-bond donors (Lipinski definition) is 1. The first-order valence-corrected chi connectivity index (χ1v) is 11.3. The fourth-order valence-electron chi connectivity index (χ4n) is 4.47. The van der Waals surface area contributed by atoms with E-state index >= 15 is 0 Å². The molecule has 34 heavy (non-hydrogen) atoms. The van der Waals surface area contributed by atoms with Crippen molar-refractivity contribution in [2.24, 2.45) is 0 Å². The van der Waals surface area contributed by atoms with E-state index in [2.05, 4.69) is 10.2 Å². The monoisotopic (exact) mass is 473 g/mol. The zero-order valence-corrected chi connectivity index (χ0v) is 19.9. The van der Waals surface area contributed by atoms with Crippen molar-refractivity contribution in [3.8, 4) is 22.8 Å². The number of carbonyl (C=O) groups is 1. The lowest BCUT2D eigenvalue weighted by molar-refractivity contribution is 0.0730. The van der Waals surface area contributed by atoms with Gasteiger partial charge in [-0.15, -0.1) is 0 Å². The second-order valence-electron chi connectivity index (χ2n) is 8.27. The second kappa shape index (κ2) is 8.88. The smallest absolute Gasteiger partial charge is 0.273 e. The fraction of sp³-hybridized carbons (Fsp3) is 0.185. The summed E-state index contributed by atoms with van der Waals surface area (Å²) in [7, 11) is 3.20. The topological polar surface area (TPSA) is 67.5 Å². The Morgan fingerprint density at radius 2 is 1.74 bits per heavy atom. The Morgan fingerprint density at radius 1 is 1.00 bits per heavy atom. The number of carbonyl (C=O) groups excluding carboxylic acids is 1. The number of methoxy groups -OCH3 is 2. The largest absolute Gasteiger partial charge is 0.493 e. The highest BCUT2D eigenvalue weighted by Gasteiger charge is 2.42. The van der Waals surface area contributed by atoms with Crippen LogP contribution in [0.3, 0.4) is 0 Å². The number of aryl methyl sites for hydroxylation is 1. The maximum atomic E-state index is 13.6. The lowest BCUT2D eigenvalue weighted by atomic mass is 9.95. The molecule has 0 spiro atoms. The molecule has 1 aliphatic rings. The molecule has 7 heteroatoms. The van der Waals surface area contributed by atoms with Gasteiger partial charge in [0.2, 0.25) is 0 Å². The first-order valence-electron chi connectivity index (χ1n) is 10.9. The molecule has 0 aliphatic carbocycles. The summed E-state index contributed by atoms with van der Waals surface area (Å²) in [5, 5.41) is 8.16. The van der Waals surface area contributed by atoms with E-state index in [0.29, 0.717) is 28.8 Å². The van der Waals surface area contributed by atoms with Crippen molar-refractivity contribution >= 4 is 17.5 Å². The third kappa shape index (κ3) is 3.70. The van der Waals surface area contributed by atoms with Gasteiger partial charge >= 0.3 is 0 Å². The number of ether oxygens (including phenoxy) is 2. The Morgan fingerprint density at radius 3 is 2.44 bits per heavy atom. The summed E-state index contributed by atoms with van der Waals surface area (Å²) in [4.78, 5) is 15.5. The maximum Gasteiger partial charge on any atom is 0.273 e. The van der Waals surface area contributed by atoms with E-state index in [-0.39, 0.29) is 11.9 Å². The quantitative estimate of drug-likeness (QED) is 0.384. The number of hydrogen-bond acceptors (Lipinski definition) is 4. The van der Waals surface area contributed by atoms with Crippen LogP contribution in [0.15, 0.2) is 66.7 Å². The van der Waals surface area contributed by atoms with E-state index in [1.165, 1.54) is 0 Å². The number of halogens is 1. The molecular weight excluding hydrogens is 450 g/mol. The van der Waals surface area contributed by atoms with Crippen LogP contribution >= 0.6 is 11.6 Å². The highest BCUT2D eigenvalue weighted by atomic mass is 35.5. The number of nitrogens with zero attached hydrogens (tertiary/aromatic N) is 2. The molecule has 6 nitrogen and oxygen atoms in total. The molecule has 1 aromatic heterocycles. The molecule has 0 saturated carbocycles. The molecule has 1 N–H and O–H groups in total. The minimum Gasteiger partial charge on any atom is -0.493 e. The number of amides is 1. The lowest BCUT2D eigenvalue weighted by Gasteiger charge is -2.27. The van der Waals surface area contributed by atoms with Crippen molar-refractivity contribution in [1.82, 2.24) is 15.1 Å². The van der Waals surface area contributed by atoms with Gasteiger partial charge in [0.25, 0.3) is 5.91 Å². The molecule has 1 unspecified atom stereocenters. The van der Waals surface area contributed by atoms with Crippen LogP contribution in [0.2, 0.25) is 5.02 Å². The molecule has 3 aromatic carbocycles. The van der Waals surface area contributed by atoms with Gasteiger partial charge in [0.05, 0.1) is 26.0 Å². The average molecular weight is 474 g/mol. The predicted molar refractivity (Wildman–Crippen MR) is 131 cm³/mol. The first kappa shape index (κ1) is 22.0. The van der Waals surface area contributed by atoms with E-state index in [1.54, 1.807) is 14.2 Å². The van der Waals surface area contributed by atoms with Gasteiger partial charge in [-0.2, -0.15) is 5.10 Å². The molecule has 4 aromatic rings. The number of H-pyrrole nitrogens is 1. The molecule has 0 fully saturated rings. The van der Waals surface area contributed by atoms with Gasteiger partial charge in [-0.05, 0) is 36.2 Å². The maximum absolute atomic E-state index is 13.6. The van der Waals surface area contributed by atoms with Crippen molar-refractivity contribution in [3.05, 3.63) is 99.7 Å². The normalized spacial score (nSPS) is 14.9. The SMILES string of the molecule is COc1ccc(C2c3c(-c4ccc(C)cc4)n[nH]c3C(=O)N2Cc2ccccc2Cl)cc1OC. The number of aromatic nitrogens is 2. The van der Waals surface area contributed by atoms with Crippen LogP contribution in [-0.4, -0.2) is 35.2 Å². The zero-order valence-electron chi connectivity index (χ0n) is 19.1. The molecule has 172 valence electrons. The van der Waals surface area contributed by atoms with Gasteiger partial charge in [-0.3, -0.25) is 9.89 Å². The van der Waals surface area contributed by atoms with Gasteiger partial charge in [0.1, 0.15) is 5.69 Å². The van der Waals surface area contributed by atoms with E-state index in [0.717, 1.165) is 33.5 Å². The minimum absolute atomic E-state index is 0.124. The fourth-order valence-corrected chi connectivity index (χ4v) is 4.67. The van der Waals surface area contributed by atoms with E-state index in [4.69, 9.17) is 21.1 Å². The Kier molecular flexibility index (Phi) is 5.75. The number of nitrogens with one attached hydrogen (secondary N) is 1. The van der Waals surface area contributed by atoms with Gasteiger partial charge in [-0.25, -0.2) is 0 Å². The molecule has 2 heterocycles. The molecule has 5 rings (SSSR count). The van der Waals surface area contributed by atoms with Crippen LogP contribution in [0.5, 0.6) is 11.5 Å². The van der Waals surface area contributed by atoms with Crippen LogP contribution in [-0.2, 0) is 6.54 Å². The zero-order chi connectivity index (χ0) is 23.8. The number of rotatable bonds is 6. The molecule has 0 bridgehead atoms. The number of aromatic amines is 1. The van der Waals surface area contributed by atoms with Gasteiger partial charge in [0, 0.05) is 22.7 Å². The number of fused-ring (bicyclic) bond motifs is 1. The van der Waals surface area contributed by atoms with Crippen molar-refractivity contribution in [1.29, 1.82) is 0 Å². The molecule has 1 atom stereocenters. The molecule has 0 saturated heterocycles. The Balaban J connectivity index is 1.67. The summed E-state index contributed by atoms with van der Waals surface area (Å²) in [6.45, 7) is 2.40. The Hall–Kier alpha value is -3.77. The van der Waals surface area contributed by atoms with Crippen LogP contribution in [0.4, 0.5) is 0 Å². The molecular formula is C27H24ClN3O3. The summed E-state index contributed by atoms with van der Waals surface area (Å²) in [6.07, 6.45) is 0. The van der Waals surface area contributed by atoms with Crippen LogP contribution < -0.4 is 9.47 Å². The highest BCUT2D eigenvalue weighted by Crippen LogP contribution is 2.45. The van der Waals surface area contributed by atoms with Crippen LogP contribution in [0.25, 0.3) is 11.3 Å². The summed E-state index contributed by atoms with van der Waals surface area (Å²) in [5.41, 5.74) is 5.95. The minimum atomic E-state index is -0.381.